The summed E-state index contributed by atoms with van der Waals surface area (Å²) < 4.78 is 56.5. The van der Waals surface area contributed by atoms with E-state index in [1.54, 1.807) is 17.9 Å². The van der Waals surface area contributed by atoms with Crippen LogP contribution in [0.2, 0.25) is 10.0 Å². The van der Waals surface area contributed by atoms with E-state index in [1.165, 1.54) is 16.4 Å². The molecule has 3 aliphatic rings. The Balaban J connectivity index is 1.29. The van der Waals surface area contributed by atoms with Gasteiger partial charge in [-0.3, -0.25) is 14.4 Å². The summed E-state index contributed by atoms with van der Waals surface area (Å²) in [5.74, 6) is -1.76. The number of nitrogens with zero attached hydrogens (tertiary/aromatic N) is 3. The number of alkyl halides is 3. The summed E-state index contributed by atoms with van der Waals surface area (Å²) in [5, 5.41) is 6.42. The Morgan fingerprint density at radius 2 is 1.97 bits per heavy atom. The summed E-state index contributed by atoms with van der Waals surface area (Å²) in [6.07, 6.45) is -5.58. The predicted molar refractivity (Wildman–Crippen MR) is 125 cm³/mol. The third-order valence-corrected chi connectivity index (χ3v) is 8.05. The molecule has 1 aromatic carbocycles. The van der Waals surface area contributed by atoms with Crippen molar-refractivity contribution < 1.29 is 36.8 Å². The van der Waals surface area contributed by atoms with E-state index >= 15 is 0 Å². The summed E-state index contributed by atoms with van der Waals surface area (Å²) in [4.78, 5) is 37.8. The maximum Gasteiger partial charge on any atom is 0.435 e. The zero-order chi connectivity index (χ0) is 26.7. The minimum absolute atomic E-state index is 0.0386. The second-order valence-corrected chi connectivity index (χ2v) is 10.6. The van der Waals surface area contributed by atoms with Crippen LogP contribution in [0, 0.1) is 5.82 Å². The summed E-state index contributed by atoms with van der Waals surface area (Å²) in [5.41, 5.74) is -2.60. The molecule has 37 heavy (non-hydrogen) atoms. The van der Waals surface area contributed by atoms with Crippen molar-refractivity contribution in [1.82, 2.24) is 15.3 Å². The molecular weight excluding hydrogens is 563 g/mol. The molecule has 2 aromatic rings. The molecule has 0 spiro atoms. The van der Waals surface area contributed by atoms with Crippen molar-refractivity contribution in [2.45, 2.75) is 44.3 Å². The maximum absolute atomic E-state index is 14.2. The van der Waals surface area contributed by atoms with Gasteiger partial charge >= 0.3 is 6.18 Å². The van der Waals surface area contributed by atoms with E-state index in [2.05, 4.69) is 10.5 Å². The number of amidine groups is 1. The largest absolute Gasteiger partial charge is 0.435 e. The van der Waals surface area contributed by atoms with E-state index in [1.807, 2.05) is 0 Å². The number of carbonyl (C=O) groups is 2. The predicted octanol–water partition coefficient (Wildman–Crippen LogP) is 4.59. The van der Waals surface area contributed by atoms with Gasteiger partial charge in [0.25, 0.3) is 17.4 Å². The second-order valence-electron chi connectivity index (χ2n) is 8.62. The van der Waals surface area contributed by atoms with Crippen LogP contribution >= 0.6 is 34.5 Å². The quantitative estimate of drug-likeness (QED) is 0.422. The molecule has 1 saturated heterocycles. The van der Waals surface area contributed by atoms with E-state index in [-0.39, 0.29) is 31.4 Å². The van der Waals surface area contributed by atoms with Crippen LogP contribution in [0.15, 0.2) is 23.4 Å². The van der Waals surface area contributed by atoms with Crippen LogP contribution in [-0.2, 0) is 33.2 Å². The van der Waals surface area contributed by atoms with Crippen molar-refractivity contribution in [3.05, 3.63) is 54.9 Å². The van der Waals surface area contributed by atoms with Crippen LogP contribution < -0.4 is 5.32 Å². The fourth-order valence-corrected chi connectivity index (χ4v) is 5.94. The van der Waals surface area contributed by atoms with Gasteiger partial charge in [-0.2, -0.15) is 13.2 Å². The minimum atomic E-state index is -4.91. The van der Waals surface area contributed by atoms with Gasteiger partial charge in [0, 0.05) is 23.5 Å². The number of hydroxylamine groups is 2. The number of halogens is 6. The Morgan fingerprint density at radius 1 is 1.27 bits per heavy atom. The first-order chi connectivity index (χ1) is 17.4. The summed E-state index contributed by atoms with van der Waals surface area (Å²) in [6.45, 7) is 2.57. The lowest BCUT2D eigenvalue weighted by atomic mass is 9.89. The zero-order valence-corrected chi connectivity index (χ0v) is 21.3. The summed E-state index contributed by atoms with van der Waals surface area (Å²) >= 11 is 12.7. The van der Waals surface area contributed by atoms with E-state index in [4.69, 9.17) is 32.9 Å². The number of amides is 2. The van der Waals surface area contributed by atoms with Gasteiger partial charge in [-0.1, -0.05) is 28.4 Å². The molecule has 15 heteroatoms. The number of hydrogen-bond acceptors (Lipinski definition) is 7. The molecule has 2 atom stereocenters. The lowest BCUT2D eigenvalue weighted by Gasteiger charge is -2.30. The standard InChI is InChI=1S/C22H18Cl2F4N4O4S/c1-2-32-20(34)14(9-35-32)29-19(33)15-3-10-7-31(8-16(10)37-15)17-6-21(36-30-17,22(26,27)28)11-4-12(23)18(25)13(24)5-11/h3-5,14H,2,6-9H2,1H3,(H,29,33)/t14-,21?/m1/s1. The normalized spacial score (nSPS) is 23.4. The Kier molecular flexibility index (Phi) is 6.54. The third kappa shape index (κ3) is 4.41. The number of nitrogens with one attached hydrogen (secondary N) is 1. The molecule has 8 nitrogen and oxygen atoms in total. The Morgan fingerprint density at radius 3 is 2.57 bits per heavy atom. The first-order valence-electron chi connectivity index (χ1n) is 11.0. The molecule has 1 fully saturated rings. The van der Waals surface area contributed by atoms with Crippen molar-refractivity contribution >= 4 is 52.2 Å². The molecule has 0 saturated carbocycles. The van der Waals surface area contributed by atoms with Crippen LogP contribution in [0.1, 0.15) is 39.0 Å². The number of benzene rings is 1. The molecule has 1 unspecified atom stereocenters. The van der Waals surface area contributed by atoms with Gasteiger partial charge < -0.3 is 15.1 Å². The Bertz CT molecular complexity index is 1270. The fourth-order valence-electron chi connectivity index (χ4n) is 4.36. The average molecular weight is 581 g/mol. The molecule has 5 rings (SSSR count). The molecular formula is C22H18Cl2F4N4O4S. The van der Waals surface area contributed by atoms with Gasteiger partial charge in [-0.15, -0.1) is 11.3 Å². The van der Waals surface area contributed by atoms with Gasteiger partial charge in [-0.05, 0) is 30.7 Å². The van der Waals surface area contributed by atoms with Crippen molar-refractivity contribution in [2.75, 3.05) is 13.2 Å². The van der Waals surface area contributed by atoms with E-state index in [0.29, 0.717) is 11.4 Å². The molecule has 1 N–H and O–H groups in total. The molecule has 2 amide bonds. The molecule has 198 valence electrons. The average Bonchev–Trinajstić information content (AvgIpc) is 3.59. The summed E-state index contributed by atoms with van der Waals surface area (Å²) in [7, 11) is 0. The topological polar surface area (TPSA) is 83.5 Å². The number of fused-ring (bicyclic) bond motifs is 1. The van der Waals surface area contributed by atoms with Crippen LogP contribution in [0.4, 0.5) is 17.6 Å². The van der Waals surface area contributed by atoms with Crippen molar-refractivity contribution in [1.29, 1.82) is 0 Å². The Hall–Kier alpha value is -2.61. The molecule has 0 aliphatic carbocycles. The van der Waals surface area contributed by atoms with Crippen molar-refractivity contribution in [2.24, 2.45) is 5.16 Å². The number of rotatable bonds is 4. The number of hydrogen-bond donors (Lipinski definition) is 1. The molecule has 1 aromatic heterocycles. The summed E-state index contributed by atoms with van der Waals surface area (Å²) in [6, 6.07) is 2.52. The first-order valence-corrected chi connectivity index (χ1v) is 12.6. The van der Waals surface area contributed by atoms with Gasteiger partial charge in [0.15, 0.2) is 5.82 Å². The molecule has 0 bridgehead atoms. The molecule has 4 heterocycles. The van der Waals surface area contributed by atoms with Gasteiger partial charge in [0.2, 0.25) is 0 Å². The van der Waals surface area contributed by atoms with Gasteiger partial charge in [0.1, 0.15) is 18.5 Å². The highest BCUT2D eigenvalue weighted by molar-refractivity contribution is 7.14. The highest BCUT2D eigenvalue weighted by Gasteiger charge is 2.63. The molecule has 3 aliphatic heterocycles. The highest BCUT2D eigenvalue weighted by atomic mass is 35.5. The highest BCUT2D eigenvalue weighted by Crippen LogP contribution is 2.50. The van der Waals surface area contributed by atoms with Crippen LogP contribution in [-0.4, -0.2) is 53.0 Å². The lowest BCUT2D eigenvalue weighted by Crippen LogP contribution is -2.44. The zero-order valence-electron chi connectivity index (χ0n) is 19.0. The number of thiophene rings is 1. The number of carbonyl (C=O) groups excluding carboxylic acids is 2. The maximum atomic E-state index is 14.2. The van der Waals surface area contributed by atoms with Crippen LogP contribution in [0.3, 0.4) is 0 Å². The van der Waals surface area contributed by atoms with Crippen molar-refractivity contribution in [3.8, 4) is 0 Å². The SMILES string of the molecule is CCN1OC[C@@H](NC(=O)c2cc3c(s2)CN(C2=NOC(c4cc(Cl)c(F)c(Cl)c4)(C(F)(F)F)C2)C3)C1=O. The van der Waals surface area contributed by atoms with Crippen molar-refractivity contribution in [3.63, 3.8) is 0 Å². The number of oxime groups is 1. The van der Waals surface area contributed by atoms with Crippen LogP contribution in [0.5, 0.6) is 0 Å². The van der Waals surface area contributed by atoms with E-state index in [9.17, 15) is 27.2 Å². The third-order valence-electron chi connectivity index (χ3n) is 6.34. The van der Waals surface area contributed by atoms with Gasteiger partial charge in [0.05, 0.1) is 27.9 Å². The van der Waals surface area contributed by atoms with E-state index < -0.39 is 51.6 Å². The fraction of sp³-hybridized carbons (Fsp3) is 0.409. The molecule has 0 radical (unpaired) electrons. The first kappa shape index (κ1) is 26.0. The van der Waals surface area contributed by atoms with E-state index in [0.717, 1.165) is 22.6 Å². The number of likely N-dealkylation sites (N-methyl/N-ethyl adjacent to an activating group) is 1. The lowest BCUT2D eigenvalue weighted by molar-refractivity contribution is -0.275. The second kappa shape index (κ2) is 9.29. The monoisotopic (exact) mass is 580 g/mol. The smallest absolute Gasteiger partial charge is 0.372 e. The minimum Gasteiger partial charge on any atom is -0.372 e. The van der Waals surface area contributed by atoms with Gasteiger partial charge in [-0.25, -0.2) is 9.45 Å². The Labute approximate surface area is 221 Å². The van der Waals surface area contributed by atoms with Crippen LogP contribution in [0.25, 0.3) is 0 Å².